The highest BCUT2D eigenvalue weighted by Crippen LogP contribution is 2.23. The van der Waals surface area contributed by atoms with Gasteiger partial charge >= 0.3 is 0 Å². The summed E-state index contributed by atoms with van der Waals surface area (Å²) in [5.74, 6) is -0.191. The largest absolute Gasteiger partial charge is 0.352 e. The molecule has 0 aromatic heterocycles. The van der Waals surface area contributed by atoms with Gasteiger partial charge in [-0.15, -0.1) is 0 Å². The fourth-order valence-corrected chi connectivity index (χ4v) is 2.73. The molecule has 1 aliphatic heterocycles. The van der Waals surface area contributed by atoms with Gasteiger partial charge in [0.05, 0.1) is 0 Å². The molecule has 3 amide bonds. The molecule has 1 saturated heterocycles. The Kier molecular flexibility index (Phi) is 3.99. The molecule has 1 aliphatic carbocycles. The minimum absolute atomic E-state index is 0.110. The lowest BCUT2D eigenvalue weighted by atomic mass is 9.86. The van der Waals surface area contributed by atoms with Gasteiger partial charge in [0.2, 0.25) is 17.7 Å². The van der Waals surface area contributed by atoms with Gasteiger partial charge in [0.15, 0.2) is 0 Å². The summed E-state index contributed by atoms with van der Waals surface area (Å²) in [5.41, 5.74) is 0. The average Bonchev–Trinajstić information content (AvgIpc) is 2.64. The molecule has 0 spiro atoms. The van der Waals surface area contributed by atoms with Crippen LogP contribution in [0.1, 0.15) is 45.4 Å². The third-order valence-corrected chi connectivity index (χ3v) is 3.91. The lowest BCUT2D eigenvalue weighted by Gasteiger charge is -2.30. The van der Waals surface area contributed by atoms with Crippen LogP contribution in [0.4, 0.5) is 0 Å². The van der Waals surface area contributed by atoms with Crippen LogP contribution >= 0.6 is 0 Å². The molecule has 0 unspecified atom stereocenters. The normalized spacial score (nSPS) is 28.6. The van der Waals surface area contributed by atoms with Crippen molar-refractivity contribution in [2.75, 3.05) is 6.54 Å². The molecule has 0 radical (unpaired) electrons. The Labute approximate surface area is 107 Å². The van der Waals surface area contributed by atoms with Gasteiger partial charge in [0.1, 0.15) is 6.54 Å². The van der Waals surface area contributed by atoms with E-state index in [-0.39, 0.29) is 43.1 Å². The fourth-order valence-electron chi connectivity index (χ4n) is 2.73. The smallest absolute Gasteiger partial charge is 0.240 e. The van der Waals surface area contributed by atoms with Gasteiger partial charge in [0.25, 0.3) is 0 Å². The standard InChI is InChI=1S/C13H20N2O3/c1-9-4-2-3-5-10(9)14-11(16)8-15-12(17)6-7-13(15)18/h9-10H,2-8H2,1H3,(H,14,16)/t9-,10+/m0/s1. The van der Waals surface area contributed by atoms with E-state index < -0.39 is 0 Å². The zero-order chi connectivity index (χ0) is 13.1. The van der Waals surface area contributed by atoms with E-state index in [1.165, 1.54) is 6.42 Å². The molecule has 5 nitrogen and oxygen atoms in total. The third kappa shape index (κ3) is 2.89. The maximum atomic E-state index is 11.8. The first-order valence-electron chi connectivity index (χ1n) is 6.70. The van der Waals surface area contributed by atoms with Crippen LogP contribution in [-0.2, 0) is 14.4 Å². The van der Waals surface area contributed by atoms with E-state index in [0.29, 0.717) is 5.92 Å². The van der Waals surface area contributed by atoms with E-state index in [0.717, 1.165) is 24.2 Å². The van der Waals surface area contributed by atoms with Crippen molar-refractivity contribution in [3.63, 3.8) is 0 Å². The molecule has 2 fully saturated rings. The van der Waals surface area contributed by atoms with Crippen LogP contribution in [0.2, 0.25) is 0 Å². The summed E-state index contributed by atoms with van der Waals surface area (Å²) >= 11 is 0. The van der Waals surface area contributed by atoms with Crippen molar-refractivity contribution in [3.05, 3.63) is 0 Å². The molecule has 1 N–H and O–H groups in total. The fraction of sp³-hybridized carbons (Fsp3) is 0.769. The quantitative estimate of drug-likeness (QED) is 0.757. The van der Waals surface area contributed by atoms with E-state index in [2.05, 4.69) is 12.2 Å². The molecule has 2 atom stereocenters. The number of hydrogen-bond acceptors (Lipinski definition) is 3. The molecule has 0 aromatic rings. The molecule has 1 heterocycles. The van der Waals surface area contributed by atoms with Crippen molar-refractivity contribution in [3.8, 4) is 0 Å². The van der Waals surface area contributed by atoms with Gasteiger partial charge < -0.3 is 5.32 Å². The van der Waals surface area contributed by atoms with Gasteiger partial charge in [-0.3, -0.25) is 19.3 Å². The highest BCUT2D eigenvalue weighted by molar-refractivity contribution is 6.04. The van der Waals surface area contributed by atoms with Gasteiger partial charge in [-0.1, -0.05) is 19.8 Å². The van der Waals surface area contributed by atoms with Crippen LogP contribution < -0.4 is 5.32 Å². The summed E-state index contributed by atoms with van der Waals surface area (Å²) in [6, 6.07) is 0.194. The van der Waals surface area contributed by atoms with E-state index in [4.69, 9.17) is 0 Å². The number of nitrogens with one attached hydrogen (secondary N) is 1. The highest BCUT2D eigenvalue weighted by atomic mass is 16.2. The second kappa shape index (κ2) is 5.50. The summed E-state index contributed by atoms with van der Waals surface area (Å²) in [7, 11) is 0. The lowest BCUT2D eigenvalue weighted by Crippen LogP contribution is -2.46. The Morgan fingerprint density at radius 2 is 1.83 bits per heavy atom. The second-order valence-electron chi connectivity index (χ2n) is 5.31. The van der Waals surface area contributed by atoms with Crippen molar-refractivity contribution in [2.45, 2.75) is 51.5 Å². The third-order valence-electron chi connectivity index (χ3n) is 3.91. The zero-order valence-electron chi connectivity index (χ0n) is 10.8. The molecule has 0 bridgehead atoms. The molecular formula is C13H20N2O3. The highest BCUT2D eigenvalue weighted by Gasteiger charge is 2.31. The average molecular weight is 252 g/mol. The van der Waals surface area contributed by atoms with Gasteiger partial charge in [-0.05, 0) is 18.8 Å². The molecular weight excluding hydrogens is 232 g/mol. The first-order valence-corrected chi connectivity index (χ1v) is 6.70. The molecule has 0 aromatic carbocycles. The van der Waals surface area contributed by atoms with Crippen molar-refractivity contribution >= 4 is 17.7 Å². The number of likely N-dealkylation sites (tertiary alicyclic amines) is 1. The molecule has 18 heavy (non-hydrogen) atoms. The number of rotatable bonds is 3. The number of amides is 3. The Morgan fingerprint density at radius 1 is 1.22 bits per heavy atom. The van der Waals surface area contributed by atoms with Crippen LogP contribution in [0.25, 0.3) is 0 Å². The summed E-state index contributed by atoms with van der Waals surface area (Å²) in [5, 5.41) is 2.95. The maximum absolute atomic E-state index is 11.8. The van der Waals surface area contributed by atoms with E-state index in [1.54, 1.807) is 0 Å². The minimum Gasteiger partial charge on any atom is -0.352 e. The van der Waals surface area contributed by atoms with Crippen LogP contribution in [0.5, 0.6) is 0 Å². The molecule has 2 rings (SSSR count). The van der Waals surface area contributed by atoms with Gasteiger partial charge in [-0.2, -0.15) is 0 Å². The second-order valence-corrected chi connectivity index (χ2v) is 5.31. The van der Waals surface area contributed by atoms with Crippen molar-refractivity contribution in [2.24, 2.45) is 5.92 Å². The lowest BCUT2D eigenvalue weighted by molar-refractivity contribution is -0.142. The molecule has 5 heteroatoms. The van der Waals surface area contributed by atoms with E-state index in [9.17, 15) is 14.4 Å². The minimum atomic E-state index is -0.230. The zero-order valence-corrected chi connectivity index (χ0v) is 10.8. The molecule has 2 aliphatic rings. The van der Waals surface area contributed by atoms with Crippen LogP contribution in [0, 0.1) is 5.92 Å². The first kappa shape index (κ1) is 13.1. The number of hydrogen-bond donors (Lipinski definition) is 1. The van der Waals surface area contributed by atoms with Crippen molar-refractivity contribution in [1.29, 1.82) is 0 Å². The monoisotopic (exact) mass is 252 g/mol. The number of imide groups is 1. The Bertz CT molecular complexity index is 351. The predicted octanol–water partition coefficient (Wildman–Crippen LogP) is 0.830. The maximum Gasteiger partial charge on any atom is 0.240 e. The molecule has 100 valence electrons. The van der Waals surface area contributed by atoms with Crippen LogP contribution in [0.3, 0.4) is 0 Å². The van der Waals surface area contributed by atoms with Crippen LogP contribution in [0.15, 0.2) is 0 Å². The number of carbonyl (C=O) groups excluding carboxylic acids is 3. The topological polar surface area (TPSA) is 66.5 Å². The number of carbonyl (C=O) groups is 3. The Balaban J connectivity index is 1.84. The summed E-state index contributed by atoms with van der Waals surface area (Å²) in [4.78, 5) is 35.7. The molecule has 1 saturated carbocycles. The SMILES string of the molecule is C[C@H]1CCCC[C@H]1NC(=O)CN1C(=O)CCC1=O. The van der Waals surface area contributed by atoms with Gasteiger partial charge in [0, 0.05) is 18.9 Å². The van der Waals surface area contributed by atoms with Crippen molar-refractivity contribution < 1.29 is 14.4 Å². The number of nitrogens with zero attached hydrogens (tertiary/aromatic N) is 1. The van der Waals surface area contributed by atoms with E-state index >= 15 is 0 Å². The van der Waals surface area contributed by atoms with Crippen LogP contribution in [-0.4, -0.2) is 35.2 Å². The first-order chi connectivity index (χ1) is 8.58. The van der Waals surface area contributed by atoms with Crippen molar-refractivity contribution in [1.82, 2.24) is 10.2 Å². The summed E-state index contributed by atoms with van der Waals surface area (Å²) < 4.78 is 0. The summed E-state index contributed by atoms with van der Waals surface area (Å²) in [6.45, 7) is 2.02. The summed E-state index contributed by atoms with van der Waals surface area (Å²) in [6.07, 6.45) is 4.96. The van der Waals surface area contributed by atoms with Gasteiger partial charge in [-0.25, -0.2) is 0 Å². The van der Waals surface area contributed by atoms with E-state index in [1.807, 2.05) is 0 Å². The Morgan fingerprint density at radius 3 is 2.44 bits per heavy atom. The predicted molar refractivity (Wildman–Crippen MR) is 65.5 cm³/mol. The Hall–Kier alpha value is -1.39.